The van der Waals surface area contributed by atoms with Crippen LogP contribution < -0.4 is 15.4 Å². The number of likely N-dealkylation sites (tertiary alicyclic amines) is 1. The fourth-order valence-corrected chi connectivity index (χ4v) is 3.03. The van der Waals surface area contributed by atoms with E-state index in [0.717, 1.165) is 43.3 Å². The van der Waals surface area contributed by atoms with Gasteiger partial charge in [-0.3, -0.25) is 9.69 Å². The predicted molar refractivity (Wildman–Crippen MR) is 99.1 cm³/mol. The lowest BCUT2D eigenvalue weighted by Crippen LogP contribution is -2.45. The van der Waals surface area contributed by atoms with Crippen molar-refractivity contribution in [3.63, 3.8) is 0 Å². The molecule has 2 N–H and O–H groups in total. The van der Waals surface area contributed by atoms with Gasteiger partial charge in [0.05, 0.1) is 13.7 Å². The van der Waals surface area contributed by atoms with Crippen molar-refractivity contribution in [1.82, 2.24) is 10.2 Å². The maximum Gasteiger partial charge on any atom is 0.238 e. The van der Waals surface area contributed by atoms with Gasteiger partial charge in [-0.15, -0.1) is 12.4 Å². The Kier molecular flexibility index (Phi) is 7.34. The van der Waals surface area contributed by atoms with Gasteiger partial charge in [-0.1, -0.05) is 0 Å². The number of ether oxygens (including phenoxy) is 1. The molecule has 24 heavy (non-hydrogen) atoms. The average Bonchev–Trinajstić information content (AvgIpc) is 3.39. The lowest BCUT2D eigenvalue weighted by molar-refractivity contribution is -0.117. The highest BCUT2D eigenvalue weighted by Gasteiger charge is 2.24. The lowest BCUT2D eigenvalue weighted by Gasteiger charge is -2.32. The minimum absolute atomic E-state index is 0. The smallest absolute Gasteiger partial charge is 0.238 e. The molecule has 3 rings (SSSR count). The second-order valence-corrected chi connectivity index (χ2v) is 6.68. The van der Waals surface area contributed by atoms with E-state index in [1.54, 1.807) is 7.11 Å². The van der Waals surface area contributed by atoms with Crippen LogP contribution >= 0.6 is 12.4 Å². The van der Waals surface area contributed by atoms with Crippen molar-refractivity contribution in [2.75, 3.05) is 38.6 Å². The number of piperidine rings is 1. The van der Waals surface area contributed by atoms with Crippen LogP contribution in [0.2, 0.25) is 0 Å². The fraction of sp³-hybridized carbons (Fsp3) is 0.611. The molecule has 2 fully saturated rings. The van der Waals surface area contributed by atoms with Gasteiger partial charge < -0.3 is 15.4 Å². The number of methoxy groups -OCH3 is 1. The van der Waals surface area contributed by atoms with E-state index in [1.165, 1.54) is 19.4 Å². The molecule has 2 aliphatic rings. The zero-order valence-electron chi connectivity index (χ0n) is 14.3. The quantitative estimate of drug-likeness (QED) is 0.791. The van der Waals surface area contributed by atoms with Crippen LogP contribution in [0.25, 0.3) is 0 Å². The first-order valence-corrected chi connectivity index (χ1v) is 8.62. The summed E-state index contributed by atoms with van der Waals surface area (Å²) >= 11 is 0. The summed E-state index contributed by atoms with van der Waals surface area (Å²) < 4.78 is 5.12. The van der Waals surface area contributed by atoms with E-state index in [1.807, 2.05) is 24.3 Å². The van der Waals surface area contributed by atoms with Gasteiger partial charge in [-0.25, -0.2) is 0 Å². The first-order valence-electron chi connectivity index (χ1n) is 8.62. The second-order valence-electron chi connectivity index (χ2n) is 6.68. The van der Waals surface area contributed by atoms with Gasteiger partial charge in [0.15, 0.2) is 0 Å². The molecule has 1 amide bonds. The number of nitrogens with zero attached hydrogens (tertiary/aromatic N) is 1. The third-order valence-corrected chi connectivity index (χ3v) is 4.72. The van der Waals surface area contributed by atoms with Crippen molar-refractivity contribution in [3.8, 4) is 5.75 Å². The van der Waals surface area contributed by atoms with Crippen LogP contribution in [0.15, 0.2) is 24.3 Å². The Morgan fingerprint density at radius 2 is 1.83 bits per heavy atom. The van der Waals surface area contributed by atoms with Crippen molar-refractivity contribution in [2.45, 2.75) is 31.7 Å². The molecule has 134 valence electrons. The second kappa shape index (κ2) is 9.25. The molecule has 1 heterocycles. The van der Waals surface area contributed by atoms with Gasteiger partial charge in [-0.05, 0) is 62.4 Å². The number of rotatable bonds is 7. The summed E-state index contributed by atoms with van der Waals surface area (Å²) in [5.41, 5.74) is 0.816. The van der Waals surface area contributed by atoms with Crippen LogP contribution in [-0.2, 0) is 4.79 Å². The molecule has 0 aromatic heterocycles. The SMILES string of the molecule is COc1ccc(NC(=O)CN2CCC(NCC3CC3)CC2)cc1.Cl. The van der Waals surface area contributed by atoms with E-state index < -0.39 is 0 Å². The molecule has 1 aromatic carbocycles. The number of hydrogen-bond donors (Lipinski definition) is 2. The molecule has 1 saturated heterocycles. The highest BCUT2D eigenvalue weighted by Crippen LogP contribution is 2.28. The monoisotopic (exact) mass is 353 g/mol. The number of halogens is 1. The van der Waals surface area contributed by atoms with E-state index in [4.69, 9.17) is 4.74 Å². The van der Waals surface area contributed by atoms with E-state index in [2.05, 4.69) is 15.5 Å². The summed E-state index contributed by atoms with van der Waals surface area (Å²) in [5.74, 6) is 1.78. The van der Waals surface area contributed by atoms with Crippen molar-refractivity contribution < 1.29 is 9.53 Å². The Balaban J connectivity index is 0.00000208. The molecular formula is C18H28ClN3O2. The molecule has 1 aliphatic carbocycles. The van der Waals surface area contributed by atoms with Crippen LogP contribution in [0.4, 0.5) is 5.69 Å². The zero-order valence-corrected chi connectivity index (χ0v) is 15.1. The van der Waals surface area contributed by atoms with Gasteiger partial charge in [-0.2, -0.15) is 0 Å². The highest BCUT2D eigenvalue weighted by molar-refractivity contribution is 5.92. The van der Waals surface area contributed by atoms with Gasteiger partial charge in [0.25, 0.3) is 0 Å². The molecule has 1 saturated carbocycles. The van der Waals surface area contributed by atoms with Gasteiger partial charge in [0, 0.05) is 24.8 Å². The summed E-state index contributed by atoms with van der Waals surface area (Å²) in [6.07, 6.45) is 5.08. The van der Waals surface area contributed by atoms with E-state index in [-0.39, 0.29) is 18.3 Å². The Hall–Kier alpha value is -1.30. The molecule has 6 heteroatoms. The first kappa shape index (κ1) is 19.0. The third-order valence-electron chi connectivity index (χ3n) is 4.72. The minimum atomic E-state index is 0. The number of carbonyl (C=O) groups is 1. The topological polar surface area (TPSA) is 53.6 Å². The summed E-state index contributed by atoms with van der Waals surface area (Å²) in [4.78, 5) is 14.4. The normalized spacial score (nSPS) is 18.7. The molecule has 0 atom stereocenters. The van der Waals surface area contributed by atoms with Crippen molar-refractivity contribution in [3.05, 3.63) is 24.3 Å². The Morgan fingerprint density at radius 1 is 1.17 bits per heavy atom. The number of hydrogen-bond acceptors (Lipinski definition) is 4. The number of benzene rings is 1. The molecule has 0 unspecified atom stereocenters. The maximum absolute atomic E-state index is 12.1. The van der Waals surface area contributed by atoms with Gasteiger partial charge in [0.2, 0.25) is 5.91 Å². The molecule has 0 spiro atoms. The summed E-state index contributed by atoms with van der Waals surface area (Å²) in [5, 5.41) is 6.62. The molecule has 5 nitrogen and oxygen atoms in total. The first-order chi connectivity index (χ1) is 11.2. The van der Waals surface area contributed by atoms with E-state index in [0.29, 0.717) is 12.6 Å². The van der Waals surface area contributed by atoms with Crippen LogP contribution in [0.5, 0.6) is 5.75 Å². The van der Waals surface area contributed by atoms with E-state index >= 15 is 0 Å². The Bertz CT molecular complexity index is 512. The molecular weight excluding hydrogens is 326 g/mol. The van der Waals surface area contributed by atoms with Gasteiger partial charge >= 0.3 is 0 Å². The Labute approximate surface area is 150 Å². The number of carbonyl (C=O) groups excluding carboxylic acids is 1. The number of amides is 1. The van der Waals surface area contributed by atoms with Crippen LogP contribution in [-0.4, -0.2) is 50.1 Å². The molecule has 0 bridgehead atoms. The summed E-state index contributed by atoms with van der Waals surface area (Å²) in [6, 6.07) is 8.07. The number of nitrogens with one attached hydrogen (secondary N) is 2. The lowest BCUT2D eigenvalue weighted by atomic mass is 10.0. The van der Waals surface area contributed by atoms with Crippen LogP contribution in [0.1, 0.15) is 25.7 Å². The maximum atomic E-state index is 12.1. The average molecular weight is 354 g/mol. The summed E-state index contributed by atoms with van der Waals surface area (Å²) in [6.45, 7) is 3.65. The van der Waals surface area contributed by atoms with Crippen molar-refractivity contribution in [1.29, 1.82) is 0 Å². The highest BCUT2D eigenvalue weighted by atomic mass is 35.5. The number of anilines is 1. The molecule has 0 radical (unpaired) electrons. The van der Waals surface area contributed by atoms with Crippen molar-refractivity contribution in [2.24, 2.45) is 5.92 Å². The minimum Gasteiger partial charge on any atom is -0.497 e. The molecule has 1 aliphatic heterocycles. The largest absolute Gasteiger partial charge is 0.497 e. The predicted octanol–water partition coefficient (Wildman–Crippen LogP) is 2.52. The molecule has 1 aromatic rings. The standard InChI is InChI=1S/C18H27N3O2.ClH/c1-23-17-6-4-16(5-7-17)20-18(22)13-21-10-8-15(9-11-21)19-12-14-2-3-14;/h4-7,14-15,19H,2-3,8-13H2,1H3,(H,20,22);1H. The van der Waals surface area contributed by atoms with Crippen molar-refractivity contribution >= 4 is 24.0 Å². The van der Waals surface area contributed by atoms with Crippen LogP contribution in [0.3, 0.4) is 0 Å². The van der Waals surface area contributed by atoms with E-state index in [9.17, 15) is 4.79 Å². The zero-order chi connectivity index (χ0) is 16.1. The summed E-state index contributed by atoms with van der Waals surface area (Å²) in [7, 11) is 1.64. The van der Waals surface area contributed by atoms with Gasteiger partial charge in [0.1, 0.15) is 5.75 Å². The Morgan fingerprint density at radius 3 is 2.42 bits per heavy atom. The third kappa shape index (κ3) is 5.96. The van der Waals surface area contributed by atoms with Crippen LogP contribution in [0, 0.1) is 5.92 Å². The fourth-order valence-electron chi connectivity index (χ4n) is 3.03.